The summed E-state index contributed by atoms with van der Waals surface area (Å²) in [4.78, 5) is 28.1. The third-order valence-electron chi connectivity index (χ3n) is 3.48. The van der Waals surface area contributed by atoms with Gasteiger partial charge in [-0.05, 0) is 31.2 Å². The Morgan fingerprint density at radius 3 is 2.46 bits per heavy atom. The molecule has 1 aromatic heterocycles. The Hall–Kier alpha value is -2.37. The summed E-state index contributed by atoms with van der Waals surface area (Å²) in [6.07, 6.45) is 1.57. The summed E-state index contributed by atoms with van der Waals surface area (Å²) in [7, 11) is 0. The molecule has 24 heavy (non-hydrogen) atoms. The van der Waals surface area contributed by atoms with Gasteiger partial charge in [-0.3, -0.25) is 9.59 Å². The minimum atomic E-state index is -0.417. The van der Waals surface area contributed by atoms with Crippen molar-refractivity contribution in [3.8, 4) is 0 Å². The lowest BCUT2D eigenvalue weighted by atomic mass is 10.2. The smallest absolute Gasteiger partial charge is 0.258 e. The van der Waals surface area contributed by atoms with E-state index < -0.39 is 5.91 Å². The van der Waals surface area contributed by atoms with E-state index in [4.69, 9.17) is 23.2 Å². The highest BCUT2D eigenvalue weighted by Crippen LogP contribution is 2.27. The lowest BCUT2D eigenvalue weighted by molar-refractivity contribution is -0.117. The van der Waals surface area contributed by atoms with Gasteiger partial charge in [-0.2, -0.15) is 0 Å². The number of amides is 1. The van der Waals surface area contributed by atoms with Crippen LogP contribution in [0.4, 0.5) is 5.69 Å². The van der Waals surface area contributed by atoms with Gasteiger partial charge in [-0.25, -0.2) is 4.98 Å². The molecule has 5 nitrogen and oxygen atoms in total. The molecule has 0 aliphatic heterocycles. The molecule has 1 heterocycles. The number of halogens is 2. The zero-order valence-electron chi connectivity index (χ0n) is 12.7. The van der Waals surface area contributed by atoms with Gasteiger partial charge in [0.15, 0.2) is 0 Å². The first-order valence-electron chi connectivity index (χ1n) is 7.16. The lowest BCUT2D eigenvalue weighted by Crippen LogP contribution is -2.13. The summed E-state index contributed by atoms with van der Waals surface area (Å²) >= 11 is 12.1. The molecular formula is C17H13Cl2N3O2. The van der Waals surface area contributed by atoms with Crippen molar-refractivity contribution < 1.29 is 9.59 Å². The number of rotatable bonds is 4. The van der Waals surface area contributed by atoms with E-state index in [-0.39, 0.29) is 27.9 Å². The quantitative estimate of drug-likeness (QED) is 0.757. The maximum Gasteiger partial charge on any atom is 0.258 e. The lowest BCUT2D eigenvalue weighted by Gasteiger charge is -2.09. The molecule has 3 rings (SSSR count). The van der Waals surface area contributed by atoms with Gasteiger partial charge >= 0.3 is 0 Å². The van der Waals surface area contributed by atoms with E-state index >= 15 is 0 Å². The van der Waals surface area contributed by atoms with Gasteiger partial charge in [-0.1, -0.05) is 35.3 Å². The van der Waals surface area contributed by atoms with Gasteiger partial charge < -0.3 is 9.88 Å². The molecule has 0 bridgehead atoms. The van der Waals surface area contributed by atoms with E-state index in [1.165, 1.54) is 6.92 Å². The van der Waals surface area contributed by atoms with Gasteiger partial charge in [0.1, 0.15) is 11.3 Å². The van der Waals surface area contributed by atoms with E-state index in [0.717, 1.165) is 5.52 Å². The number of nitrogens with zero attached hydrogens (tertiary/aromatic N) is 2. The van der Waals surface area contributed by atoms with Crippen LogP contribution in [0.3, 0.4) is 0 Å². The summed E-state index contributed by atoms with van der Waals surface area (Å²) in [6, 6.07) is 10.2. The maximum absolute atomic E-state index is 12.5. The van der Waals surface area contributed by atoms with Crippen LogP contribution in [-0.4, -0.2) is 21.2 Å². The van der Waals surface area contributed by atoms with Gasteiger partial charge in [-0.15, -0.1) is 0 Å². The summed E-state index contributed by atoms with van der Waals surface area (Å²) < 4.78 is 1.73. The highest BCUT2D eigenvalue weighted by Gasteiger charge is 2.17. The molecule has 0 spiro atoms. The number of fused-ring (bicyclic) bond motifs is 1. The fourth-order valence-corrected chi connectivity index (χ4v) is 3.02. The second-order valence-corrected chi connectivity index (χ2v) is 6.11. The predicted molar refractivity (Wildman–Crippen MR) is 94.8 cm³/mol. The number of hydrogen-bond acceptors (Lipinski definition) is 3. The second kappa shape index (κ2) is 6.63. The molecule has 0 aliphatic rings. The summed E-state index contributed by atoms with van der Waals surface area (Å²) in [5, 5.41) is 3.33. The van der Waals surface area contributed by atoms with Gasteiger partial charge in [0.25, 0.3) is 5.91 Å². The minimum Gasteiger partial charge on any atom is -0.323 e. The molecule has 0 unspecified atom stereocenters. The van der Waals surface area contributed by atoms with E-state index in [9.17, 15) is 9.59 Å². The monoisotopic (exact) mass is 361 g/mol. The Balaban J connectivity index is 1.97. The molecule has 1 N–H and O–H groups in total. The maximum atomic E-state index is 12.5. The number of hydrogen-bond donors (Lipinski definition) is 1. The third-order valence-corrected chi connectivity index (χ3v) is 4.11. The van der Waals surface area contributed by atoms with Crippen LogP contribution < -0.4 is 5.32 Å². The van der Waals surface area contributed by atoms with E-state index in [1.807, 2.05) is 6.07 Å². The van der Waals surface area contributed by atoms with Crippen molar-refractivity contribution >= 4 is 51.6 Å². The van der Waals surface area contributed by atoms with Crippen LogP contribution in [-0.2, 0) is 11.3 Å². The molecule has 2 aromatic carbocycles. The van der Waals surface area contributed by atoms with E-state index in [2.05, 4.69) is 10.3 Å². The van der Waals surface area contributed by atoms with Crippen LogP contribution in [0.2, 0.25) is 10.0 Å². The number of Topliss-reactive ketones (excluding diaryl/α,β-unsaturated/α-hetero) is 1. The van der Waals surface area contributed by atoms with Crippen molar-refractivity contribution in [2.24, 2.45) is 0 Å². The Labute approximate surface area is 148 Å². The average molecular weight is 362 g/mol. The molecule has 7 heteroatoms. The van der Waals surface area contributed by atoms with Crippen LogP contribution in [0.5, 0.6) is 0 Å². The first-order valence-corrected chi connectivity index (χ1v) is 7.91. The third kappa shape index (κ3) is 3.13. The van der Waals surface area contributed by atoms with Crippen LogP contribution in [0.15, 0.2) is 42.7 Å². The molecule has 0 saturated heterocycles. The summed E-state index contributed by atoms with van der Waals surface area (Å²) in [5.74, 6) is -0.397. The van der Waals surface area contributed by atoms with E-state index in [1.54, 1.807) is 41.2 Å². The number of carbonyl (C=O) groups excluding carboxylic acids is 2. The molecule has 0 fully saturated rings. The van der Waals surface area contributed by atoms with Gasteiger partial charge in [0.05, 0.1) is 39.7 Å². The highest BCUT2D eigenvalue weighted by atomic mass is 35.5. The van der Waals surface area contributed by atoms with Crippen molar-refractivity contribution in [3.05, 3.63) is 58.3 Å². The number of carbonyl (C=O) groups is 2. The molecule has 0 aliphatic carbocycles. The molecule has 3 aromatic rings. The van der Waals surface area contributed by atoms with Crippen LogP contribution in [0.1, 0.15) is 17.3 Å². The minimum absolute atomic E-state index is 0.0200. The molecule has 0 atom stereocenters. The Bertz CT molecular complexity index is 930. The highest BCUT2D eigenvalue weighted by molar-refractivity contribution is 6.40. The van der Waals surface area contributed by atoms with Crippen molar-refractivity contribution in [1.29, 1.82) is 0 Å². The molecular weight excluding hydrogens is 349 g/mol. The van der Waals surface area contributed by atoms with Gasteiger partial charge in [0.2, 0.25) is 0 Å². The molecule has 0 radical (unpaired) electrons. The molecule has 1 amide bonds. The predicted octanol–water partition coefficient (Wildman–Crippen LogP) is 4.18. The van der Waals surface area contributed by atoms with Gasteiger partial charge in [0, 0.05) is 0 Å². The number of imidazole rings is 1. The normalized spacial score (nSPS) is 10.8. The number of ketones is 1. The largest absolute Gasteiger partial charge is 0.323 e. The average Bonchev–Trinajstić information content (AvgIpc) is 2.90. The number of nitrogens with one attached hydrogen (secondary N) is 1. The SMILES string of the molecule is CC(=O)Cn1cnc2c(NC(=O)c3c(Cl)cccc3Cl)cccc21. The van der Waals surface area contributed by atoms with Crippen molar-refractivity contribution in [2.75, 3.05) is 5.32 Å². The standard InChI is InChI=1S/C17H13Cl2N3O2/c1-10(23)8-22-9-20-16-13(6-3-7-14(16)22)21-17(24)15-11(18)4-2-5-12(15)19/h2-7,9H,8H2,1H3,(H,21,24). The Kier molecular flexibility index (Phi) is 4.55. The zero-order valence-corrected chi connectivity index (χ0v) is 14.2. The first kappa shape index (κ1) is 16.5. The fraction of sp³-hybridized carbons (Fsp3) is 0.118. The zero-order chi connectivity index (χ0) is 17.3. The second-order valence-electron chi connectivity index (χ2n) is 5.30. The topological polar surface area (TPSA) is 64.0 Å². The Morgan fingerprint density at radius 2 is 1.79 bits per heavy atom. The van der Waals surface area contributed by atoms with E-state index in [0.29, 0.717) is 11.2 Å². The van der Waals surface area contributed by atoms with Crippen LogP contribution >= 0.6 is 23.2 Å². The van der Waals surface area contributed by atoms with Crippen LogP contribution in [0, 0.1) is 0 Å². The number of anilines is 1. The van der Waals surface area contributed by atoms with Crippen LogP contribution in [0.25, 0.3) is 11.0 Å². The van der Waals surface area contributed by atoms with Crippen molar-refractivity contribution in [3.63, 3.8) is 0 Å². The number of benzene rings is 2. The first-order chi connectivity index (χ1) is 11.5. The molecule has 122 valence electrons. The summed E-state index contributed by atoms with van der Waals surface area (Å²) in [6.45, 7) is 1.74. The number of para-hydroxylation sites is 1. The van der Waals surface area contributed by atoms with Crippen molar-refractivity contribution in [1.82, 2.24) is 9.55 Å². The Morgan fingerprint density at radius 1 is 1.12 bits per heavy atom. The van der Waals surface area contributed by atoms with Crippen molar-refractivity contribution in [2.45, 2.75) is 13.5 Å². The fourth-order valence-electron chi connectivity index (χ4n) is 2.45. The number of aromatic nitrogens is 2. The molecule has 0 saturated carbocycles. The summed E-state index contributed by atoms with van der Waals surface area (Å²) in [5.41, 5.74) is 2.08.